The molecular formula is C30H43N5O8. The van der Waals surface area contributed by atoms with Crippen molar-refractivity contribution in [3.8, 4) is 0 Å². The van der Waals surface area contributed by atoms with Gasteiger partial charge in [0.25, 0.3) is 0 Å². The molecule has 0 aromatic carbocycles. The van der Waals surface area contributed by atoms with Gasteiger partial charge in [-0.1, -0.05) is 20.8 Å². The van der Waals surface area contributed by atoms with Gasteiger partial charge in [0.2, 0.25) is 23.6 Å². The molecule has 1 atom stereocenters. The SMILES string of the molecule is CC(C)(C)C1(c2ccc(NC3CCC(=O)NC3=O)cn2)CCN(C(=O)O)CC1.CC(C)(C)OC(=O)N1C(=O)CCCC1=O. The van der Waals surface area contributed by atoms with Crippen molar-refractivity contribution in [1.29, 1.82) is 0 Å². The fourth-order valence-corrected chi connectivity index (χ4v) is 5.53. The molecular weight excluding hydrogens is 558 g/mol. The van der Waals surface area contributed by atoms with Crippen molar-refractivity contribution in [3.05, 3.63) is 24.0 Å². The van der Waals surface area contributed by atoms with Gasteiger partial charge in [0.15, 0.2) is 0 Å². The van der Waals surface area contributed by atoms with Crippen molar-refractivity contribution in [2.24, 2.45) is 5.41 Å². The number of anilines is 1. The second-order valence-corrected chi connectivity index (χ2v) is 13.1. The summed E-state index contributed by atoms with van der Waals surface area (Å²) in [5, 5.41) is 14.7. The van der Waals surface area contributed by atoms with E-state index in [2.05, 4.69) is 36.4 Å². The number of pyridine rings is 1. The highest BCUT2D eigenvalue weighted by molar-refractivity contribution is 6.10. The lowest BCUT2D eigenvalue weighted by atomic mass is 9.59. The highest BCUT2D eigenvalue weighted by atomic mass is 16.6. The number of carboxylic acid groups (broad SMARTS) is 1. The quantitative estimate of drug-likeness (QED) is 0.432. The normalized spacial score (nSPS) is 20.9. The molecule has 0 saturated carbocycles. The number of rotatable bonds is 3. The summed E-state index contributed by atoms with van der Waals surface area (Å²) in [5.74, 6) is -1.50. The average molecular weight is 602 g/mol. The second kappa shape index (κ2) is 13.1. The van der Waals surface area contributed by atoms with Crippen LogP contribution in [0.25, 0.3) is 0 Å². The Morgan fingerprint density at radius 3 is 2.07 bits per heavy atom. The van der Waals surface area contributed by atoms with Crippen LogP contribution in [-0.4, -0.2) is 80.4 Å². The maximum Gasteiger partial charge on any atom is 0.424 e. The molecule has 13 nitrogen and oxygen atoms in total. The van der Waals surface area contributed by atoms with Crippen LogP contribution in [0.15, 0.2) is 18.3 Å². The van der Waals surface area contributed by atoms with E-state index in [1.54, 1.807) is 27.0 Å². The Bertz CT molecular complexity index is 1220. The monoisotopic (exact) mass is 601 g/mol. The fourth-order valence-electron chi connectivity index (χ4n) is 5.53. The zero-order chi connectivity index (χ0) is 32.2. The van der Waals surface area contributed by atoms with Crippen LogP contribution in [0.4, 0.5) is 15.3 Å². The van der Waals surface area contributed by atoms with Crippen LogP contribution in [0.3, 0.4) is 0 Å². The Labute approximate surface area is 251 Å². The molecule has 1 aromatic heterocycles. The predicted octanol–water partition coefficient (Wildman–Crippen LogP) is 3.82. The lowest BCUT2D eigenvalue weighted by Crippen LogP contribution is -2.51. The molecule has 43 heavy (non-hydrogen) atoms. The fraction of sp³-hybridized carbons (Fsp3) is 0.633. The summed E-state index contributed by atoms with van der Waals surface area (Å²) in [6.07, 6.45) is 3.16. The molecule has 6 amide bonds. The third-order valence-electron chi connectivity index (χ3n) is 8.01. The van der Waals surface area contributed by atoms with Crippen molar-refractivity contribution in [3.63, 3.8) is 0 Å². The first kappa shape index (κ1) is 33.5. The molecule has 236 valence electrons. The van der Waals surface area contributed by atoms with E-state index in [-0.39, 0.29) is 35.5 Å². The van der Waals surface area contributed by atoms with E-state index in [0.717, 1.165) is 24.2 Å². The number of likely N-dealkylation sites (tertiary alicyclic amines) is 2. The molecule has 1 aromatic rings. The molecule has 4 rings (SSSR count). The number of amides is 6. The summed E-state index contributed by atoms with van der Waals surface area (Å²) in [6.45, 7) is 12.5. The highest BCUT2D eigenvalue weighted by Gasteiger charge is 2.47. The van der Waals surface area contributed by atoms with Crippen molar-refractivity contribution in [2.75, 3.05) is 18.4 Å². The summed E-state index contributed by atoms with van der Waals surface area (Å²) in [6, 6.07) is 3.43. The van der Waals surface area contributed by atoms with Gasteiger partial charge < -0.3 is 20.1 Å². The first-order chi connectivity index (χ1) is 19.9. The Morgan fingerprint density at radius 1 is 1.00 bits per heavy atom. The lowest BCUT2D eigenvalue weighted by Gasteiger charge is -2.49. The molecule has 3 N–H and O–H groups in total. The molecule has 3 aliphatic rings. The van der Waals surface area contributed by atoms with Crippen molar-refractivity contribution in [2.45, 2.75) is 104 Å². The molecule has 3 saturated heterocycles. The summed E-state index contributed by atoms with van der Waals surface area (Å²) in [4.78, 5) is 75.4. The number of imide groups is 4. The predicted molar refractivity (Wildman–Crippen MR) is 156 cm³/mol. The van der Waals surface area contributed by atoms with Crippen LogP contribution in [0.5, 0.6) is 0 Å². The summed E-state index contributed by atoms with van der Waals surface area (Å²) >= 11 is 0. The average Bonchev–Trinajstić information content (AvgIpc) is 2.89. The maximum atomic E-state index is 11.9. The standard InChI is InChI=1S/C20H28N4O4.C10H15NO4/c1-19(2,3)20(8-10-24(11-9-20)18(27)28)15-6-4-13(12-21-15)22-14-5-7-16(25)23-17(14)26;1-10(2,3)15-9(14)11-7(12)5-4-6-8(11)13/h4,6,12,14,22H,5,7-11H2,1-3H3,(H,27,28)(H,23,25,26);4-6H2,1-3H3. The van der Waals surface area contributed by atoms with Gasteiger partial charge in [-0.15, -0.1) is 0 Å². The number of ether oxygens (including phenoxy) is 1. The Hall–Kier alpha value is -4.03. The van der Waals surface area contributed by atoms with Gasteiger partial charge in [0.05, 0.1) is 11.9 Å². The van der Waals surface area contributed by atoms with Crippen molar-refractivity contribution < 1.29 is 38.6 Å². The third-order valence-corrected chi connectivity index (χ3v) is 8.01. The molecule has 0 radical (unpaired) electrons. The van der Waals surface area contributed by atoms with Crippen LogP contribution in [0.1, 0.15) is 92.2 Å². The van der Waals surface area contributed by atoms with E-state index in [4.69, 9.17) is 4.74 Å². The van der Waals surface area contributed by atoms with Crippen LogP contribution >= 0.6 is 0 Å². The Balaban J connectivity index is 0.000000285. The number of carbonyl (C=O) groups excluding carboxylic acids is 5. The minimum absolute atomic E-state index is 0.0802. The van der Waals surface area contributed by atoms with Gasteiger partial charge >= 0.3 is 12.2 Å². The molecule has 13 heteroatoms. The molecule has 4 heterocycles. The number of carbonyl (C=O) groups is 6. The zero-order valence-electron chi connectivity index (χ0n) is 25.8. The molecule has 0 bridgehead atoms. The minimum Gasteiger partial charge on any atom is -0.465 e. The maximum absolute atomic E-state index is 11.9. The molecule has 3 fully saturated rings. The third kappa shape index (κ3) is 8.29. The Kier molecular flexibility index (Phi) is 10.2. The van der Waals surface area contributed by atoms with Crippen LogP contribution in [-0.2, 0) is 29.3 Å². The van der Waals surface area contributed by atoms with Crippen LogP contribution < -0.4 is 10.6 Å². The number of piperidine rings is 3. The molecule has 0 aliphatic carbocycles. The number of nitrogens with zero attached hydrogens (tertiary/aromatic N) is 3. The van der Waals surface area contributed by atoms with Gasteiger partial charge in [0.1, 0.15) is 11.6 Å². The topological polar surface area (TPSA) is 175 Å². The van der Waals surface area contributed by atoms with Gasteiger partial charge in [-0.2, -0.15) is 4.90 Å². The summed E-state index contributed by atoms with van der Waals surface area (Å²) in [7, 11) is 0. The van der Waals surface area contributed by atoms with Gasteiger partial charge in [-0.25, -0.2) is 9.59 Å². The smallest absolute Gasteiger partial charge is 0.424 e. The van der Waals surface area contributed by atoms with E-state index in [9.17, 15) is 33.9 Å². The molecule has 0 spiro atoms. The zero-order valence-corrected chi connectivity index (χ0v) is 25.8. The number of nitrogens with one attached hydrogen (secondary N) is 2. The second-order valence-electron chi connectivity index (χ2n) is 13.1. The first-order valence-corrected chi connectivity index (χ1v) is 14.6. The van der Waals surface area contributed by atoms with Crippen molar-refractivity contribution >= 4 is 41.5 Å². The highest BCUT2D eigenvalue weighted by Crippen LogP contribution is 2.48. The number of hydrogen-bond acceptors (Lipinski definition) is 9. The Morgan fingerprint density at radius 2 is 1.60 bits per heavy atom. The van der Waals surface area contributed by atoms with Gasteiger partial charge in [-0.05, 0) is 64.0 Å². The largest absolute Gasteiger partial charge is 0.465 e. The van der Waals surface area contributed by atoms with E-state index >= 15 is 0 Å². The molecule has 1 unspecified atom stereocenters. The summed E-state index contributed by atoms with van der Waals surface area (Å²) < 4.78 is 4.96. The van der Waals surface area contributed by atoms with Crippen LogP contribution in [0, 0.1) is 5.41 Å². The van der Waals surface area contributed by atoms with E-state index in [1.807, 2.05) is 12.1 Å². The number of aromatic nitrogens is 1. The van der Waals surface area contributed by atoms with Crippen molar-refractivity contribution in [1.82, 2.24) is 20.1 Å². The van der Waals surface area contributed by atoms with Gasteiger partial charge in [0, 0.05) is 43.5 Å². The summed E-state index contributed by atoms with van der Waals surface area (Å²) in [5.41, 5.74) is 0.675. The minimum atomic E-state index is -0.876. The van der Waals surface area contributed by atoms with Crippen LogP contribution in [0.2, 0.25) is 0 Å². The van der Waals surface area contributed by atoms with E-state index in [0.29, 0.717) is 37.3 Å². The van der Waals surface area contributed by atoms with E-state index in [1.165, 1.54) is 4.90 Å². The number of hydrogen-bond donors (Lipinski definition) is 3. The lowest BCUT2D eigenvalue weighted by molar-refractivity contribution is -0.146. The van der Waals surface area contributed by atoms with E-state index < -0.39 is 35.6 Å². The molecule has 3 aliphatic heterocycles. The van der Waals surface area contributed by atoms with Gasteiger partial charge in [-0.3, -0.25) is 29.5 Å². The first-order valence-electron chi connectivity index (χ1n) is 14.6.